The van der Waals surface area contributed by atoms with Crippen molar-refractivity contribution < 1.29 is 9.84 Å². The molecule has 0 amide bonds. The van der Waals surface area contributed by atoms with Crippen molar-refractivity contribution in [1.29, 1.82) is 0 Å². The lowest BCUT2D eigenvalue weighted by molar-refractivity contribution is 0.267. The molecule has 1 aliphatic rings. The molecule has 3 nitrogen and oxygen atoms in total. The van der Waals surface area contributed by atoms with Gasteiger partial charge in [0.2, 0.25) is 0 Å². The first-order valence-corrected chi connectivity index (χ1v) is 4.97. The number of aromatic hydroxyl groups is 1. The summed E-state index contributed by atoms with van der Waals surface area (Å²) in [6.07, 6.45) is 1.61. The summed E-state index contributed by atoms with van der Waals surface area (Å²) in [5.41, 5.74) is 7.91. The van der Waals surface area contributed by atoms with E-state index in [4.69, 9.17) is 10.5 Å². The lowest BCUT2D eigenvalue weighted by atomic mass is 9.94. The molecule has 0 saturated carbocycles. The van der Waals surface area contributed by atoms with Gasteiger partial charge < -0.3 is 15.6 Å². The molecule has 14 heavy (non-hydrogen) atoms. The van der Waals surface area contributed by atoms with Gasteiger partial charge in [-0.2, -0.15) is 0 Å². The summed E-state index contributed by atoms with van der Waals surface area (Å²) in [7, 11) is 0. The molecule has 3 heteroatoms. The maximum atomic E-state index is 9.67. The van der Waals surface area contributed by atoms with Crippen molar-refractivity contribution in [3.05, 3.63) is 23.3 Å². The minimum Gasteiger partial charge on any atom is -0.508 e. The molecule has 1 aliphatic heterocycles. The Labute approximate surface area is 83.5 Å². The second-order valence-electron chi connectivity index (χ2n) is 3.57. The van der Waals surface area contributed by atoms with Crippen molar-refractivity contribution in [2.45, 2.75) is 25.8 Å². The van der Waals surface area contributed by atoms with Gasteiger partial charge in [0.25, 0.3) is 0 Å². The fourth-order valence-electron chi connectivity index (χ4n) is 1.98. The first kappa shape index (κ1) is 9.34. The van der Waals surface area contributed by atoms with E-state index in [0.717, 1.165) is 29.7 Å². The number of rotatable bonds is 1. The number of hydrogen-bond donors (Lipinski definition) is 2. The molecule has 1 aromatic rings. The number of fused-ring (bicyclic) bond motifs is 1. The van der Waals surface area contributed by atoms with E-state index in [9.17, 15) is 5.11 Å². The fraction of sp³-hybridized carbons (Fsp3) is 0.455. The number of phenolic OH excluding ortho intramolecular Hbond substituents is 1. The predicted molar refractivity (Wildman–Crippen MR) is 54.5 cm³/mol. The molecule has 1 heterocycles. The Hall–Kier alpha value is -1.22. The monoisotopic (exact) mass is 193 g/mol. The Bertz CT molecular complexity index is 349. The molecule has 76 valence electrons. The first-order chi connectivity index (χ1) is 6.74. The van der Waals surface area contributed by atoms with Gasteiger partial charge in [-0.15, -0.1) is 0 Å². The summed E-state index contributed by atoms with van der Waals surface area (Å²) < 4.78 is 5.50. The second kappa shape index (κ2) is 3.50. The molecule has 0 saturated heterocycles. The molecule has 0 unspecified atom stereocenters. The molecule has 1 aromatic carbocycles. The Morgan fingerprint density at radius 1 is 1.57 bits per heavy atom. The van der Waals surface area contributed by atoms with Crippen LogP contribution >= 0.6 is 0 Å². The van der Waals surface area contributed by atoms with Crippen LogP contribution in [0.25, 0.3) is 0 Å². The number of phenols is 1. The van der Waals surface area contributed by atoms with Crippen molar-refractivity contribution in [3.63, 3.8) is 0 Å². The van der Waals surface area contributed by atoms with Crippen LogP contribution in [0.15, 0.2) is 12.1 Å². The van der Waals surface area contributed by atoms with E-state index >= 15 is 0 Å². The maximum absolute atomic E-state index is 9.67. The van der Waals surface area contributed by atoms with E-state index in [2.05, 4.69) is 0 Å². The van der Waals surface area contributed by atoms with Crippen LogP contribution in [0.4, 0.5) is 0 Å². The molecule has 2 rings (SSSR count). The number of ether oxygens (including phenoxy) is 1. The van der Waals surface area contributed by atoms with Crippen molar-refractivity contribution >= 4 is 0 Å². The van der Waals surface area contributed by atoms with Gasteiger partial charge in [0.15, 0.2) is 0 Å². The highest BCUT2D eigenvalue weighted by Crippen LogP contribution is 2.37. The fourth-order valence-corrected chi connectivity index (χ4v) is 1.98. The van der Waals surface area contributed by atoms with Gasteiger partial charge in [0.05, 0.1) is 6.61 Å². The third kappa shape index (κ3) is 1.34. The molecule has 3 N–H and O–H groups in total. The highest BCUT2D eigenvalue weighted by Gasteiger charge is 2.22. The Morgan fingerprint density at radius 2 is 2.36 bits per heavy atom. The van der Waals surface area contributed by atoms with E-state index in [1.807, 2.05) is 6.92 Å². The standard InChI is InChI=1S/C11H15NO2/c1-2-7-9(13)3-4-10-11(7)8(12)5-6-14-10/h3-4,8,13H,2,5-6,12H2,1H3/t8-/m1/s1. The van der Waals surface area contributed by atoms with Gasteiger partial charge in [0.1, 0.15) is 11.5 Å². The summed E-state index contributed by atoms with van der Waals surface area (Å²) in [5, 5.41) is 9.67. The highest BCUT2D eigenvalue weighted by molar-refractivity contribution is 5.50. The summed E-state index contributed by atoms with van der Waals surface area (Å²) in [4.78, 5) is 0. The molecule has 0 aromatic heterocycles. The Kier molecular flexibility index (Phi) is 2.33. The molecule has 1 atom stereocenters. The molecule has 0 aliphatic carbocycles. The third-order valence-electron chi connectivity index (χ3n) is 2.70. The van der Waals surface area contributed by atoms with Crippen molar-refractivity contribution in [1.82, 2.24) is 0 Å². The quantitative estimate of drug-likeness (QED) is 0.714. The van der Waals surface area contributed by atoms with Crippen LogP contribution in [-0.2, 0) is 6.42 Å². The lowest BCUT2D eigenvalue weighted by Crippen LogP contribution is -2.22. The van der Waals surface area contributed by atoms with Gasteiger partial charge >= 0.3 is 0 Å². The average Bonchev–Trinajstić information content (AvgIpc) is 2.19. The van der Waals surface area contributed by atoms with Gasteiger partial charge in [-0.05, 0) is 18.6 Å². The van der Waals surface area contributed by atoms with E-state index in [1.54, 1.807) is 12.1 Å². The zero-order valence-electron chi connectivity index (χ0n) is 8.29. The zero-order chi connectivity index (χ0) is 10.1. The van der Waals surface area contributed by atoms with Crippen LogP contribution in [0.3, 0.4) is 0 Å². The summed E-state index contributed by atoms with van der Waals surface area (Å²) in [6, 6.07) is 3.47. The van der Waals surface area contributed by atoms with Crippen LogP contribution in [-0.4, -0.2) is 11.7 Å². The second-order valence-corrected chi connectivity index (χ2v) is 3.57. The topological polar surface area (TPSA) is 55.5 Å². The summed E-state index contributed by atoms with van der Waals surface area (Å²) >= 11 is 0. The van der Waals surface area contributed by atoms with Crippen molar-refractivity contribution in [3.8, 4) is 11.5 Å². The van der Waals surface area contributed by atoms with Crippen molar-refractivity contribution in [2.24, 2.45) is 5.73 Å². The van der Waals surface area contributed by atoms with Crippen LogP contribution < -0.4 is 10.5 Å². The normalized spacial score (nSPS) is 20.0. The number of hydrogen-bond acceptors (Lipinski definition) is 3. The minimum atomic E-state index is 0.000741. The number of benzene rings is 1. The highest BCUT2D eigenvalue weighted by atomic mass is 16.5. The largest absolute Gasteiger partial charge is 0.508 e. The van der Waals surface area contributed by atoms with Gasteiger partial charge in [-0.3, -0.25) is 0 Å². The first-order valence-electron chi connectivity index (χ1n) is 4.97. The Morgan fingerprint density at radius 3 is 3.07 bits per heavy atom. The molecular weight excluding hydrogens is 178 g/mol. The molecular formula is C11H15NO2. The zero-order valence-corrected chi connectivity index (χ0v) is 8.29. The molecule has 0 spiro atoms. The van der Waals surface area contributed by atoms with Gasteiger partial charge in [-0.25, -0.2) is 0 Å². The van der Waals surface area contributed by atoms with Gasteiger partial charge in [0, 0.05) is 23.6 Å². The summed E-state index contributed by atoms with van der Waals surface area (Å²) in [5.74, 6) is 1.16. The average molecular weight is 193 g/mol. The number of nitrogens with two attached hydrogens (primary N) is 1. The predicted octanol–water partition coefficient (Wildman–Crippen LogP) is 1.74. The Balaban J connectivity index is 2.57. The molecule has 0 radical (unpaired) electrons. The lowest BCUT2D eigenvalue weighted by Gasteiger charge is -2.25. The van der Waals surface area contributed by atoms with Crippen LogP contribution in [0.1, 0.15) is 30.5 Å². The molecule has 0 fully saturated rings. The van der Waals surface area contributed by atoms with E-state index < -0.39 is 0 Å². The smallest absolute Gasteiger partial charge is 0.124 e. The van der Waals surface area contributed by atoms with Crippen LogP contribution in [0.2, 0.25) is 0 Å². The van der Waals surface area contributed by atoms with Crippen molar-refractivity contribution in [2.75, 3.05) is 6.61 Å². The maximum Gasteiger partial charge on any atom is 0.124 e. The molecule has 0 bridgehead atoms. The van der Waals surface area contributed by atoms with Crippen LogP contribution in [0.5, 0.6) is 11.5 Å². The van der Waals surface area contributed by atoms with E-state index in [-0.39, 0.29) is 6.04 Å². The van der Waals surface area contributed by atoms with Gasteiger partial charge in [-0.1, -0.05) is 6.92 Å². The van der Waals surface area contributed by atoms with E-state index in [0.29, 0.717) is 12.4 Å². The van der Waals surface area contributed by atoms with Crippen LogP contribution in [0, 0.1) is 0 Å². The third-order valence-corrected chi connectivity index (χ3v) is 2.70. The SMILES string of the molecule is CCc1c(O)ccc2c1[C@H](N)CCO2. The minimum absolute atomic E-state index is 0.000741. The summed E-state index contributed by atoms with van der Waals surface area (Å²) in [6.45, 7) is 2.68. The van der Waals surface area contributed by atoms with E-state index in [1.165, 1.54) is 0 Å².